The van der Waals surface area contributed by atoms with Gasteiger partial charge in [0.25, 0.3) is 0 Å². The van der Waals surface area contributed by atoms with Crippen LogP contribution in [0.2, 0.25) is 0 Å². The van der Waals surface area contributed by atoms with E-state index >= 15 is 0 Å². The average Bonchev–Trinajstić information content (AvgIpc) is 2.41. The molecule has 0 heterocycles. The monoisotopic (exact) mass is 250 g/mol. The first kappa shape index (κ1) is 14.5. The van der Waals surface area contributed by atoms with Gasteiger partial charge in [0, 0.05) is 13.1 Å². The average molecular weight is 250 g/mol. The molecule has 0 aromatic heterocycles. The highest BCUT2D eigenvalue weighted by Gasteiger charge is 2.28. The molecule has 0 bridgehead atoms. The zero-order valence-corrected chi connectivity index (χ0v) is 11.3. The lowest BCUT2D eigenvalue weighted by atomic mass is 9.93. The smallest absolute Gasteiger partial charge is 0.318 e. The summed E-state index contributed by atoms with van der Waals surface area (Å²) in [4.78, 5) is 13.7. The Balaban J connectivity index is 2.87. The highest BCUT2D eigenvalue weighted by atomic mass is 16.3. The van der Waals surface area contributed by atoms with Crippen molar-refractivity contribution in [3.05, 3.63) is 35.9 Å². The van der Waals surface area contributed by atoms with E-state index in [1.165, 1.54) is 0 Å². The Kier molecular flexibility index (Phi) is 5.16. The molecule has 100 valence electrons. The van der Waals surface area contributed by atoms with Crippen molar-refractivity contribution in [2.45, 2.75) is 26.3 Å². The number of amides is 2. The normalized spacial score (nSPS) is 13.8. The van der Waals surface area contributed by atoms with Crippen LogP contribution in [-0.2, 0) is 5.54 Å². The fraction of sp³-hybridized carbons (Fsp3) is 0.500. The zero-order chi connectivity index (χ0) is 13.6. The molecule has 1 atom stereocenters. The fourth-order valence-corrected chi connectivity index (χ4v) is 1.83. The number of carbonyl (C=O) groups excluding carboxylic acids is 1. The number of urea groups is 1. The lowest BCUT2D eigenvalue weighted by molar-refractivity contribution is 0.153. The van der Waals surface area contributed by atoms with Gasteiger partial charge in [0.05, 0.1) is 12.1 Å². The van der Waals surface area contributed by atoms with Gasteiger partial charge >= 0.3 is 6.03 Å². The van der Waals surface area contributed by atoms with E-state index in [-0.39, 0.29) is 12.6 Å². The first-order valence-corrected chi connectivity index (χ1v) is 6.30. The molecule has 0 fully saturated rings. The largest absolute Gasteiger partial charge is 0.394 e. The van der Waals surface area contributed by atoms with E-state index in [0.717, 1.165) is 5.56 Å². The molecule has 0 aliphatic heterocycles. The van der Waals surface area contributed by atoms with Gasteiger partial charge in [-0.2, -0.15) is 0 Å². The fourth-order valence-electron chi connectivity index (χ4n) is 1.83. The second kappa shape index (κ2) is 6.40. The molecule has 2 N–H and O–H groups in total. The number of nitrogens with one attached hydrogen (secondary N) is 1. The van der Waals surface area contributed by atoms with Crippen molar-refractivity contribution in [2.24, 2.45) is 0 Å². The first-order valence-electron chi connectivity index (χ1n) is 6.30. The summed E-state index contributed by atoms with van der Waals surface area (Å²) in [5.41, 5.74) is 0.147. The summed E-state index contributed by atoms with van der Waals surface area (Å²) < 4.78 is 0. The van der Waals surface area contributed by atoms with Crippen LogP contribution in [0.3, 0.4) is 0 Å². The van der Waals surface area contributed by atoms with Gasteiger partial charge in [-0.05, 0) is 26.3 Å². The SMILES string of the molecule is CCN(CC)C(=O)NC(C)(CO)c1ccccc1. The van der Waals surface area contributed by atoms with Crippen LogP contribution >= 0.6 is 0 Å². The minimum absolute atomic E-state index is 0.135. The molecule has 0 saturated heterocycles. The van der Waals surface area contributed by atoms with Crippen molar-refractivity contribution in [1.82, 2.24) is 10.2 Å². The summed E-state index contributed by atoms with van der Waals surface area (Å²) in [5.74, 6) is 0. The van der Waals surface area contributed by atoms with Crippen LogP contribution in [0.5, 0.6) is 0 Å². The highest BCUT2D eigenvalue weighted by molar-refractivity contribution is 5.75. The van der Waals surface area contributed by atoms with Crippen LogP contribution in [0.1, 0.15) is 26.3 Å². The molecule has 0 aliphatic rings. The van der Waals surface area contributed by atoms with Gasteiger partial charge in [-0.1, -0.05) is 30.3 Å². The predicted molar refractivity (Wildman–Crippen MR) is 72.3 cm³/mol. The van der Waals surface area contributed by atoms with E-state index in [0.29, 0.717) is 13.1 Å². The van der Waals surface area contributed by atoms with Crippen LogP contribution in [0, 0.1) is 0 Å². The standard InChI is InChI=1S/C14H22N2O2/c1-4-16(5-2)13(18)15-14(3,11-17)12-9-7-6-8-10-12/h6-10,17H,4-5,11H2,1-3H3,(H,15,18). The second-order valence-corrected chi connectivity index (χ2v) is 4.46. The number of aliphatic hydroxyl groups is 1. The van der Waals surface area contributed by atoms with Gasteiger partial charge in [0.1, 0.15) is 0 Å². The quantitative estimate of drug-likeness (QED) is 0.839. The second-order valence-electron chi connectivity index (χ2n) is 4.46. The number of nitrogens with zero attached hydrogens (tertiary/aromatic N) is 1. The molecule has 0 saturated carbocycles. The van der Waals surface area contributed by atoms with E-state index in [2.05, 4.69) is 5.32 Å². The molecule has 1 unspecified atom stereocenters. The third-order valence-corrected chi connectivity index (χ3v) is 3.16. The Morgan fingerprint density at radius 1 is 1.28 bits per heavy atom. The molecule has 0 radical (unpaired) electrons. The number of rotatable bonds is 5. The molecule has 0 aliphatic carbocycles. The number of hydrogen-bond acceptors (Lipinski definition) is 2. The van der Waals surface area contributed by atoms with Crippen LogP contribution in [-0.4, -0.2) is 35.7 Å². The van der Waals surface area contributed by atoms with E-state index in [1.54, 1.807) is 4.90 Å². The summed E-state index contributed by atoms with van der Waals surface area (Å²) >= 11 is 0. The van der Waals surface area contributed by atoms with Crippen molar-refractivity contribution in [2.75, 3.05) is 19.7 Å². The third-order valence-electron chi connectivity index (χ3n) is 3.16. The molecule has 0 spiro atoms. The summed E-state index contributed by atoms with van der Waals surface area (Å²) in [7, 11) is 0. The van der Waals surface area contributed by atoms with Crippen LogP contribution in [0.25, 0.3) is 0 Å². The van der Waals surface area contributed by atoms with Gasteiger partial charge < -0.3 is 15.3 Å². The Labute approximate surface area is 109 Å². The van der Waals surface area contributed by atoms with Gasteiger partial charge in [-0.3, -0.25) is 0 Å². The van der Waals surface area contributed by atoms with Crippen molar-refractivity contribution in [3.8, 4) is 0 Å². The van der Waals surface area contributed by atoms with E-state index in [1.807, 2.05) is 51.1 Å². The van der Waals surface area contributed by atoms with Gasteiger partial charge in [0.2, 0.25) is 0 Å². The zero-order valence-electron chi connectivity index (χ0n) is 11.3. The molecule has 2 amide bonds. The molecule has 1 aromatic carbocycles. The van der Waals surface area contributed by atoms with Crippen LogP contribution < -0.4 is 5.32 Å². The van der Waals surface area contributed by atoms with Crippen molar-refractivity contribution >= 4 is 6.03 Å². The first-order chi connectivity index (χ1) is 8.57. The van der Waals surface area contributed by atoms with E-state index < -0.39 is 5.54 Å². The minimum Gasteiger partial charge on any atom is -0.394 e. The number of benzene rings is 1. The van der Waals surface area contributed by atoms with Crippen LogP contribution in [0.15, 0.2) is 30.3 Å². The Hall–Kier alpha value is -1.55. The third kappa shape index (κ3) is 3.23. The highest BCUT2D eigenvalue weighted by Crippen LogP contribution is 2.20. The Bertz CT molecular complexity index is 377. The van der Waals surface area contributed by atoms with E-state index in [4.69, 9.17) is 0 Å². The maximum atomic E-state index is 12.1. The molecule has 4 heteroatoms. The van der Waals surface area contributed by atoms with Gasteiger partial charge in [-0.15, -0.1) is 0 Å². The molecule has 1 rings (SSSR count). The van der Waals surface area contributed by atoms with Gasteiger partial charge in [0.15, 0.2) is 0 Å². The lowest BCUT2D eigenvalue weighted by Gasteiger charge is -2.32. The van der Waals surface area contributed by atoms with Crippen LogP contribution in [0.4, 0.5) is 4.79 Å². The van der Waals surface area contributed by atoms with Crippen molar-refractivity contribution in [1.29, 1.82) is 0 Å². The number of aliphatic hydroxyl groups excluding tert-OH is 1. The van der Waals surface area contributed by atoms with Gasteiger partial charge in [-0.25, -0.2) is 4.79 Å². The summed E-state index contributed by atoms with van der Waals surface area (Å²) in [5, 5.41) is 12.5. The van der Waals surface area contributed by atoms with E-state index in [9.17, 15) is 9.90 Å². The molecule has 4 nitrogen and oxygen atoms in total. The molecular weight excluding hydrogens is 228 g/mol. The van der Waals surface area contributed by atoms with Crippen molar-refractivity contribution < 1.29 is 9.90 Å². The topological polar surface area (TPSA) is 52.6 Å². The minimum atomic E-state index is -0.749. The predicted octanol–water partition coefficient (Wildman–Crippen LogP) is 1.95. The maximum absolute atomic E-state index is 12.1. The molecule has 1 aromatic rings. The molecule has 18 heavy (non-hydrogen) atoms. The van der Waals surface area contributed by atoms with Crippen molar-refractivity contribution in [3.63, 3.8) is 0 Å². The number of hydrogen-bond donors (Lipinski definition) is 2. The maximum Gasteiger partial charge on any atom is 0.318 e. The number of carbonyl (C=O) groups is 1. The molecular formula is C14H22N2O2. The summed E-state index contributed by atoms with van der Waals surface area (Å²) in [6.07, 6.45) is 0. The summed E-state index contributed by atoms with van der Waals surface area (Å²) in [6.45, 7) is 6.86. The Morgan fingerprint density at radius 2 is 1.83 bits per heavy atom. The lowest BCUT2D eigenvalue weighted by Crippen LogP contribution is -2.51. The summed E-state index contributed by atoms with van der Waals surface area (Å²) in [6, 6.07) is 9.35. The Morgan fingerprint density at radius 3 is 2.28 bits per heavy atom.